The van der Waals surface area contributed by atoms with Crippen LogP contribution in [0.15, 0.2) is 16.7 Å². The molecule has 110 valence electrons. The number of carbonyl (C=O) groups is 1. The Labute approximate surface area is 128 Å². The first-order valence-electron chi connectivity index (χ1n) is 7.50. The molecule has 0 spiro atoms. The number of nitrogens with zero attached hydrogens (tertiary/aromatic N) is 2. The van der Waals surface area contributed by atoms with Crippen molar-refractivity contribution in [3.8, 4) is 0 Å². The molecule has 4 nitrogen and oxygen atoms in total. The van der Waals surface area contributed by atoms with Gasteiger partial charge in [0, 0.05) is 35.8 Å². The van der Waals surface area contributed by atoms with Crippen molar-refractivity contribution in [3.05, 3.63) is 22.4 Å². The van der Waals surface area contributed by atoms with E-state index in [4.69, 9.17) is 5.73 Å². The van der Waals surface area contributed by atoms with Gasteiger partial charge in [0.25, 0.3) is 5.91 Å². The molecule has 1 amide bonds. The van der Waals surface area contributed by atoms with Gasteiger partial charge in [0.2, 0.25) is 0 Å². The highest BCUT2D eigenvalue weighted by atomic mass is 79.9. The van der Waals surface area contributed by atoms with Gasteiger partial charge in [-0.3, -0.25) is 4.79 Å². The number of piperidine rings is 1. The molecule has 2 atom stereocenters. The molecule has 1 aromatic rings. The van der Waals surface area contributed by atoms with E-state index in [2.05, 4.69) is 27.4 Å². The average molecular weight is 340 g/mol. The second-order valence-electron chi connectivity index (χ2n) is 6.10. The predicted octanol–water partition coefficient (Wildman–Crippen LogP) is 2.78. The van der Waals surface area contributed by atoms with Crippen LogP contribution in [0, 0.1) is 5.92 Å². The lowest BCUT2D eigenvalue weighted by molar-refractivity contribution is 0.0521. The van der Waals surface area contributed by atoms with Crippen molar-refractivity contribution in [3.63, 3.8) is 0 Å². The van der Waals surface area contributed by atoms with E-state index in [9.17, 15) is 4.79 Å². The van der Waals surface area contributed by atoms with Crippen LogP contribution < -0.4 is 5.73 Å². The molecule has 1 saturated carbocycles. The molecule has 1 aromatic heterocycles. The van der Waals surface area contributed by atoms with Gasteiger partial charge in [-0.1, -0.05) is 6.92 Å². The third-order valence-corrected chi connectivity index (χ3v) is 5.03. The summed E-state index contributed by atoms with van der Waals surface area (Å²) >= 11 is 3.50. The van der Waals surface area contributed by atoms with Crippen LogP contribution in [0.25, 0.3) is 0 Å². The van der Waals surface area contributed by atoms with Crippen LogP contribution in [0.4, 0.5) is 0 Å². The molecule has 0 aromatic carbocycles. The standard InChI is InChI=1S/C15H22BrN3O/c1-10-3-2-6-18(14(10)8-17)15(20)13-7-11(16)9-19(13)12-4-5-12/h7,9-10,12,14H,2-6,8,17H2,1H3. The van der Waals surface area contributed by atoms with Gasteiger partial charge < -0.3 is 15.2 Å². The van der Waals surface area contributed by atoms with Gasteiger partial charge >= 0.3 is 0 Å². The second kappa shape index (κ2) is 5.53. The van der Waals surface area contributed by atoms with E-state index in [0.29, 0.717) is 18.5 Å². The van der Waals surface area contributed by atoms with Gasteiger partial charge in [-0.15, -0.1) is 0 Å². The number of rotatable bonds is 3. The van der Waals surface area contributed by atoms with Crippen molar-refractivity contribution in [2.24, 2.45) is 11.7 Å². The van der Waals surface area contributed by atoms with Crippen LogP contribution in [0.2, 0.25) is 0 Å². The SMILES string of the molecule is CC1CCCN(C(=O)c2cc(Br)cn2C2CC2)C1CN. The average Bonchev–Trinajstić information content (AvgIpc) is 3.20. The lowest BCUT2D eigenvalue weighted by atomic mass is 9.90. The molecule has 3 rings (SSSR count). The largest absolute Gasteiger partial charge is 0.339 e. The number of aromatic nitrogens is 1. The number of carbonyl (C=O) groups excluding carboxylic acids is 1. The molecule has 1 aliphatic carbocycles. The maximum absolute atomic E-state index is 12.9. The maximum Gasteiger partial charge on any atom is 0.270 e. The van der Waals surface area contributed by atoms with Gasteiger partial charge in [-0.05, 0) is 53.6 Å². The van der Waals surface area contributed by atoms with Crippen LogP contribution >= 0.6 is 15.9 Å². The lowest BCUT2D eigenvalue weighted by Gasteiger charge is -2.39. The van der Waals surface area contributed by atoms with E-state index in [1.807, 2.05) is 17.2 Å². The molecule has 2 heterocycles. The van der Waals surface area contributed by atoms with E-state index >= 15 is 0 Å². The molecule has 2 aliphatic rings. The highest BCUT2D eigenvalue weighted by molar-refractivity contribution is 9.10. The number of nitrogens with two attached hydrogens (primary N) is 1. The zero-order valence-corrected chi connectivity index (χ0v) is 13.5. The molecule has 2 fully saturated rings. The van der Waals surface area contributed by atoms with Crippen molar-refractivity contribution < 1.29 is 4.79 Å². The minimum Gasteiger partial charge on any atom is -0.339 e. The first-order chi connectivity index (χ1) is 9.61. The summed E-state index contributed by atoms with van der Waals surface area (Å²) in [5, 5.41) is 0. The smallest absolute Gasteiger partial charge is 0.270 e. The fourth-order valence-corrected chi connectivity index (χ4v) is 3.72. The quantitative estimate of drug-likeness (QED) is 0.920. The first-order valence-corrected chi connectivity index (χ1v) is 8.29. The summed E-state index contributed by atoms with van der Waals surface area (Å²) in [6, 6.07) is 2.64. The van der Waals surface area contributed by atoms with Crippen molar-refractivity contribution in [2.45, 2.75) is 44.7 Å². The maximum atomic E-state index is 12.9. The molecular formula is C15H22BrN3O. The van der Waals surface area contributed by atoms with E-state index in [1.54, 1.807) is 0 Å². The molecule has 2 unspecified atom stereocenters. The summed E-state index contributed by atoms with van der Waals surface area (Å²) in [4.78, 5) is 14.9. The van der Waals surface area contributed by atoms with E-state index < -0.39 is 0 Å². The van der Waals surface area contributed by atoms with Gasteiger partial charge in [-0.2, -0.15) is 0 Å². The molecule has 1 aliphatic heterocycles. The summed E-state index contributed by atoms with van der Waals surface area (Å²) < 4.78 is 3.13. The summed E-state index contributed by atoms with van der Waals surface area (Å²) in [6.07, 6.45) is 6.64. The summed E-state index contributed by atoms with van der Waals surface area (Å²) in [6.45, 7) is 3.59. The number of likely N-dealkylation sites (tertiary alicyclic amines) is 1. The van der Waals surface area contributed by atoms with Crippen molar-refractivity contribution >= 4 is 21.8 Å². The third-order valence-electron chi connectivity index (χ3n) is 4.59. The molecule has 5 heteroatoms. The van der Waals surface area contributed by atoms with Crippen LogP contribution in [0.5, 0.6) is 0 Å². The Kier molecular flexibility index (Phi) is 3.91. The van der Waals surface area contributed by atoms with E-state index in [0.717, 1.165) is 23.1 Å². The van der Waals surface area contributed by atoms with E-state index in [-0.39, 0.29) is 11.9 Å². The number of hydrogen-bond acceptors (Lipinski definition) is 2. The number of halogens is 1. The zero-order valence-electron chi connectivity index (χ0n) is 11.9. The number of amides is 1. The molecule has 20 heavy (non-hydrogen) atoms. The third kappa shape index (κ3) is 2.53. The Morgan fingerprint density at radius 2 is 2.20 bits per heavy atom. The fraction of sp³-hybridized carbons (Fsp3) is 0.667. The Morgan fingerprint density at radius 3 is 2.85 bits per heavy atom. The Morgan fingerprint density at radius 1 is 1.45 bits per heavy atom. The Balaban J connectivity index is 1.87. The van der Waals surface area contributed by atoms with Gasteiger partial charge in [0.1, 0.15) is 5.69 Å². The minimum atomic E-state index is 0.143. The summed E-state index contributed by atoms with van der Waals surface area (Å²) in [5.41, 5.74) is 6.72. The van der Waals surface area contributed by atoms with Gasteiger partial charge in [-0.25, -0.2) is 0 Å². The minimum absolute atomic E-state index is 0.143. The lowest BCUT2D eigenvalue weighted by Crippen LogP contribution is -2.51. The molecule has 2 N–H and O–H groups in total. The molecule has 1 saturated heterocycles. The fourth-order valence-electron chi connectivity index (χ4n) is 3.28. The highest BCUT2D eigenvalue weighted by Crippen LogP contribution is 2.38. The normalized spacial score (nSPS) is 26.9. The van der Waals surface area contributed by atoms with Crippen molar-refractivity contribution in [1.82, 2.24) is 9.47 Å². The summed E-state index contributed by atoms with van der Waals surface area (Å²) in [7, 11) is 0. The van der Waals surface area contributed by atoms with Crippen LogP contribution in [-0.4, -0.2) is 34.5 Å². The van der Waals surface area contributed by atoms with Crippen LogP contribution in [0.1, 0.15) is 49.1 Å². The highest BCUT2D eigenvalue weighted by Gasteiger charge is 2.34. The second-order valence-corrected chi connectivity index (χ2v) is 7.02. The van der Waals surface area contributed by atoms with Crippen LogP contribution in [0.3, 0.4) is 0 Å². The van der Waals surface area contributed by atoms with Crippen molar-refractivity contribution in [1.29, 1.82) is 0 Å². The zero-order chi connectivity index (χ0) is 14.3. The summed E-state index contributed by atoms with van der Waals surface area (Å²) in [5.74, 6) is 0.634. The van der Waals surface area contributed by atoms with Crippen molar-refractivity contribution in [2.75, 3.05) is 13.1 Å². The first kappa shape index (κ1) is 14.1. The molecule has 0 bridgehead atoms. The Hall–Kier alpha value is -0.810. The van der Waals surface area contributed by atoms with E-state index in [1.165, 1.54) is 19.3 Å². The number of hydrogen-bond donors (Lipinski definition) is 1. The predicted molar refractivity (Wildman–Crippen MR) is 82.7 cm³/mol. The molecule has 0 radical (unpaired) electrons. The van der Waals surface area contributed by atoms with Gasteiger partial charge in [0.15, 0.2) is 0 Å². The monoisotopic (exact) mass is 339 g/mol. The van der Waals surface area contributed by atoms with Crippen LogP contribution in [-0.2, 0) is 0 Å². The topological polar surface area (TPSA) is 51.3 Å². The van der Waals surface area contributed by atoms with Gasteiger partial charge in [0.05, 0.1) is 0 Å². The Bertz CT molecular complexity index is 509. The molecular weight excluding hydrogens is 318 g/mol.